The number of rotatable bonds is 6. The molecule has 0 N–H and O–H groups in total. The van der Waals surface area contributed by atoms with Gasteiger partial charge in [-0.05, 0) is 46.7 Å². The Balaban J connectivity index is 2.11. The van der Waals surface area contributed by atoms with E-state index in [-0.39, 0.29) is 18.2 Å². The summed E-state index contributed by atoms with van der Waals surface area (Å²) in [5, 5.41) is 10.9. The molecule has 1 aromatic carbocycles. The minimum atomic E-state index is -0.607. The maximum absolute atomic E-state index is 11.7. The van der Waals surface area contributed by atoms with Crippen molar-refractivity contribution in [3.05, 3.63) is 63.8 Å². The van der Waals surface area contributed by atoms with Crippen LogP contribution in [-0.2, 0) is 11.3 Å². The van der Waals surface area contributed by atoms with Crippen LogP contribution < -0.4 is 4.74 Å². The highest BCUT2D eigenvalue weighted by molar-refractivity contribution is 5.89. The first-order valence-corrected chi connectivity index (χ1v) is 6.60. The number of nitrogens with zero attached hydrogens (tertiary/aromatic N) is 2. The fourth-order valence-corrected chi connectivity index (χ4v) is 1.80. The normalized spacial score (nSPS) is 10.0. The molecule has 0 saturated carbocycles. The van der Waals surface area contributed by atoms with Crippen LogP contribution in [0.1, 0.15) is 22.8 Å². The van der Waals surface area contributed by atoms with Crippen molar-refractivity contribution in [1.29, 1.82) is 0 Å². The number of nitro groups is 1. The molecule has 22 heavy (non-hydrogen) atoms. The average Bonchev–Trinajstić information content (AvgIpc) is 2.53. The third kappa shape index (κ3) is 3.78. The van der Waals surface area contributed by atoms with Crippen molar-refractivity contribution in [2.45, 2.75) is 13.5 Å². The summed E-state index contributed by atoms with van der Waals surface area (Å²) in [4.78, 5) is 25.6. The lowest BCUT2D eigenvalue weighted by Crippen LogP contribution is -2.06. The molecule has 2 aromatic rings. The molecule has 1 aromatic heterocycles. The van der Waals surface area contributed by atoms with Crippen LogP contribution in [0.25, 0.3) is 0 Å². The first-order valence-electron chi connectivity index (χ1n) is 6.60. The van der Waals surface area contributed by atoms with Crippen molar-refractivity contribution >= 4 is 11.8 Å². The average molecular weight is 302 g/mol. The molecule has 0 aliphatic heterocycles. The summed E-state index contributed by atoms with van der Waals surface area (Å²) in [6.45, 7) is 2.10. The van der Waals surface area contributed by atoms with Crippen LogP contribution in [0.3, 0.4) is 0 Å². The van der Waals surface area contributed by atoms with E-state index in [4.69, 9.17) is 9.47 Å². The summed E-state index contributed by atoms with van der Waals surface area (Å²) < 4.78 is 10.3. The standard InChI is InChI=1S/C15H14N2O5/c1-2-21-15(18)12-6-3-5-11(9-12)10-22-13-7-4-8-16-14(13)17(19)20/h3-9H,2,10H2,1H3. The molecule has 2 rings (SSSR count). The van der Waals surface area contributed by atoms with Gasteiger partial charge >= 0.3 is 11.8 Å². The highest BCUT2D eigenvalue weighted by Crippen LogP contribution is 2.24. The topological polar surface area (TPSA) is 91.6 Å². The van der Waals surface area contributed by atoms with E-state index in [2.05, 4.69) is 4.98 Å². The van der Waals surface area contributed by atoms with Crippen molar-refractivity contribution in [1.82, 2.24) is 4.98 Å². The SMILES string of the molecule is CCOC(=O)c1cccc(COc2cccnc2[N+](=O)[O-])c1. The van der Waals surface area contributed by atoms with Crippen LogP contribution in [0.4, 0.5) is 5.82 Å². The van der Waals surface area contributed by atoms with Gasteiger partial charge in [0.05, 0.1) is 12.2 Å². The van der Waals surface area contributed by atoms with Crippen molar-refractivity contribution < 1.29 is 19.2 Å². The van der Waals surface area contributed by atoms with E-state index in [0.717, 1.165) is 0 Å². The van der Waals surface area contributed by atoms with E-state index in [9.17, 15) is 14.9 Å². The Morgan fingerprint density at radius 2 is 2.14 bits per heavy atom. The monoisotopic (exact) mass is 302 g/mol. The van der Waals surface area contributed by atoms with E-state index in [1.807, 2.05) is 0 Å². The Kier molecular flexibility index (Phi) is 5.02. The molecular formula is C15H14N2O5. The van der Waals surface area contributed by atoms with Crippen LogP contribution in [0.2, 0.25) is 0 Å². The predicted molar refractivity (Wildman–Crippen MR) is 77.6 cm³/mol. The highest BCUT2D eigenvalue weighted by atomic mass is 16.6. The minimum absolute atomic E-state index is 0.0778. The Labute approximate surface area is 126 Å². The van der Waals surface area contributed by atoms with Gasteiger partial charge in [0.2, 0.25) is 5.75 Å². The number of benzene rings is 1. The quantitative estimate of drug-likeness (QED) is 0.463. The number of aromatic nitrogens is 1. The number of ether oxygens (including phenoxy) is 2. The molecule has 0 aliphatic carbocycles. The van der Waals surface area contributed by atoms with Gasteiger partial charge in [0.15, 0.2) is 0 Å². The number of pyridine rings is 1. The third-order valence-corrected chi connectivity index (χ3v) is 2.76. The van der Waals surface area contributed by atoms with E-state index in [1.54, 1.807) is 37.3 Å². The second-order valence-electron chi connectivity index (χ2n) is 4.29. The Morgan fingerprint density at radius 1 is 1.32 bits per heavy atom. The zero-order chi connectivity index (χ0) is 15.9. The lowest BCUT2D eigenvalue weighted by Gasteiger charge is -2.07. The summed E-state index contributed by atoms with van der Waals surface area (Å²) in [5.74, 6) is -0.685. The Morgan fingerprint density at radius 3 is 2.86 bits per heavy atom. The fraction of sp³-hybridized carbons (Fsp3) is 0.200. The molecule has 0 aliphatic rings. The Hall–Kier alpha value is -2.96. The van der Waals surface area contributed by atoms with Crippen LogP contribution in [-0.4, -0.2) is 22.5 Å². The number of esters is 1. The van der Waals surface area contributed by atoms with E-state index in [1.165, 1.54) is 12.3 Å². The summed E-state index contributed by atoms with van der Waals surface area (Å²) in [7, 11) is 0. The van der Waals surface area contributed by atoms with Crippen molar-refractivity contribution in [3.8, 4) is 5.75 Å². The molecule has 0 spiro atoms. The summed E-state index contributed by atoms with van der Waals surface area (Å²) in [6, 6.07) is 9.74. The van der Waals surface area contributed by atoms with Crippen LogP contribution in [0.5, 0.6) is 5.75 Å². The van der Waals surface area contributed by atoms with Gasteiger partial charge in [-0.25, -0.2) is 4.79 Å². The molecule has 0 fully saturated rings. The second-order valence-corrected chi connectivity index (χ2v) is 4.29. The zero-order valence-electron chi connectivity index (χ0n) is 11.9. The van der Waals surface area contributed by atoms with E-state index >= 15 is 0 Å². The molecule has 1 heterocycles. The third-order valence-electron chi connectivity index (χ3n) is 2.76. The van der Waals surface area contributed by atoms with Crippen molar-refractivity contribution in [2.75, 3.05) is 6.61 Å². The molecule has 0 bridgehead atoms. The van der Waals surface area contributed by atoms with Gasteiger partial charge in [0.1, 0.15) is 12.8 Å². The van der Waals surface area contributed by atoms with E-state index < -0.39 is 10.9 Å². The molecule has 0 atom stereocenters. The van der Waals surface area contributed by atoms with Gasteiger partial charge in [-0.15, -0.1) is 0 Å². The smallest absolute Gasteiger partial charge is 0.406 e. The van der Waals surface area contributed by atoms with Crippen molar-refractivity contribution in [2.24, 2.45) is 0 Å². The van der Waals surface area contributed by atoms with Gasteiger partial charge < -0.3 is 19.6 Å². The number of hydrogen-bond acceptors (Lipinski definition) is 6. The minimum Gasteiger partial charge on any atom is -0.481 e. The first kappa shape index (κ1) is 15.4. The zero-order valence-corrected chi connectivity index (χ0v) is 11.9. The van der Waals surface area contributed by atoms with Gasteiger partial charge in [0.25, 0.3) is 0 Å². The van der Waals surface area contributed by atoms with Crippen LogP contribution in [0.15, 0.2) is 42.6 Å². The fourth-order valence-electron chi connectivity index (χ4n) is 1.80. The molecule has 0 unspecified atom stereocenters. The van der Waals surface area contributed by atoms with Gasteiger partial charge in [0, 0.05) is 0 Å². The molecule has 0 amide bonds. The predicted octanol–water partition coefficient (Wildman–Crippen LogP) is 2.75. The molecule has 114 valence electrons. The Bertz CT molecular complexity index is 687. The highest BCUT2D eigenvalue weighted by Gasteiger charge is 2.15. The summed E-state index contributed by atoms with van der Waals surface area (Å²) >= 11 is 0. The van der Waals surface area contributed by atoms with Crippen LogP contribution >= 0.6 is 0 Å². The maximum atomic E-state index is 11.7. The number of hydrogen-bond donors (Lipinski definition) is 0. The molecule has 0 radical (unpaired) electrons. The largest absolute Gasteiger partial charge is 0.481 e. The first-order chi connectivity index (χ1) is 10.6. The van der Waals surface area contributed by atoms with Crippen molar-refractivity contribution in [3.63, 3.8) is 0 Å². The number of carbonyl (C=O) groups is 1. The van der Waals surface area contributed by atoms with Gasteiger partial charge in [-0.3, -0.25) is 0 Å². The molecular weight excluding hydrogens is 288 g/mol. The van der Waals surface area contributed by atoms with Crippen LogP contribution in [0, 0.1) is 10.1 Å². The summed E-state index contributed by atoms with van der Waals surface area (Å²) in [6.07, 6.45) is 1.33. The lowest BCUT2D eigenvalue weighted by molar-refractivity contribution is -0.390. The van der Waals surface area contributed by atoms with Gasteiger partial charge in [-0.2, -0.15) is 0 Å². The second kappa shape index (κ2) is 7.16. The number of carbonyl (C=O) groups excluding carboxylic acids is 1. The molecule has 7 nitrogen and oxygen atoms in total. The van der Waals surface area contributed by atoms with Gasteiger partial charge in [-0.1, -0.05) is 12.1 Å². The molecule has 0 saturated heterocycles. The molecule has 7 heteroatoms. The maximum Gasteiger partial charge on any atom is 0.406 e. The van der Waals surface area contributed by atoms with E-state index in [0.29, 0.717) is 17.7 Å². The lowest BCUT2D eigenvalue weighted by atomic mass is 10.1. The summed E-state index contributed by atoms with van der Waals surface area (Å²) in [5.41, 5.74) is 1.10.